The summed E-state index contributed by atoms with van der Waals surface area (Å²) in [7, 11) is 0. The average Bonchev–Trinajstić information content (AvgIpc) is 2.34. The quantitative estimate of drug-likeness (QED) is 0.861. The Morgan fingerprint density at radius 1 is 1.32 bits per heavy atom. The fraction of sp³-hybridized carbons (Fsp3) is 0.500. The summed E-state index contributed by atoms with van der Waals surface area (Å²) in [4.78, 5) is 13.6. The lowest BCUT2D eigenvalue weighted by Gasteiger charge is -2.26. The molecule has 3 nitrogen and oxygen atoms in total. The highest BCUT2D eigenvalue weighted by Gasteiger charge is 2.20. The molecule has 1 aromatic rings. The van der Waals surface area contributed by atoms with Gasteiger partial charge in [-0.3, -0.25) is 4.79 Å². The molecule has 0 fully saturated rings. The molecular formula is C14H19F2NO2. The third kappa shape index (κ3) is 4.28. The van der Waals surface area contributed by atoms with Crippen LogP contribution in [0.2, 0.25) is 0 Å². The summed E-state index contributed by atoms with van der Waals surface area (Å²) in [6, 6.07) is 3.47. The van der Waals surface area contributed by atoms with Crippen molar-refractivity contribution >= 4 is 5.91 Å². The molecule has 0 heterocycles. The zero-order chi connectivity index (χ0) is 14.4. The topological polar surface area (TPSA) is 40.5 Å². The van der Waals surface area contributed by atoms with Gasteiger partial charge in [0.25, 0.3) is 0 Å². The van der Waals surface area contributed by atoms with E-state index >= 15 is 0 Å². The molecule has 0 unspecified atom stereocenters. The first kappa shape index (κ1) is 15.6. The van der Waals surface area contributed by atoms with Crippen LogP contribution in [0.25, 0.3) is 0 Å². The van der Waals surface area contributed by atoms with Gasteiger partial charge in [0, 0.05) is 24.8 Å². The Morgan fingerprint density at radius 3 is 2.37 bits per heavy atom. The summed E-state index contributed by atoms with van der Waals surface area (Å²) in [6.07, 6.45) is 0.145. The third-order valence-corrected chi connectivity index (χ3v) is 2.89. The molecule has 1 N–H and O–H groups in total. The van der Waals surface area contributed by atoms with E-state index in [9.17, 15) is 13.6 Å². The number of hydrogen-bond acceptors (Lipinski definition) is 2. The van der Waals surface area contributed by atoms with Gasteiger partial charge in [-0.05, 0) is 32.4 Å². The van der Waals surface area contributed by atoms with Crippen molar-refractivity contribution in [2.75, 3.05) is 13.2 Å². The number of benzene rings is 1. The number of carbonyl (C=O) groups excluding carboxylic acids is 1. The van der Waals surface area contributed by atoms with E-state index in [1.54, 1.807) is 0 Å². The summed E-state index contributed by atoms with van der Waals surface area (Å²) in [5.74, 6) is -1.76. The van der Waals surface area contributed by atoms with E-state index in [1.807, 2.05) is 13.8 Å². The van der Waals surface area contributed by atoms with Gasteiger partial charge in [0.2, 0.25) is 5.91 Å². The Labute approximate surface area is 111 Å². The lowest BCUT2D eigenvalue weighted by atomic mass is 10.1. The standard InChI is InChI=1S/C14H19F2NO2/c1-10(2)17(7-4-8-18)14(19)9-11-12(15)5-3-6-13(11)16/h3,5-6,10,18H,4,7-9H2,1-2H3. The molecule has 1 aromatic carbocycles. The van der Waals surface area contributed by atoms with Gasteiger partial charge in [-0.15, -0.1) is 0 Å². The predicted octanol–water partition coefficient (Wildman–Crippen LogP) is 2.13. The van der Waals surface area contributed by atoms with Gasteiger partial charge in [-0.1, -0.05) is 6.07 Å². The maximum atomic E-state index is 13.5. The molecule has 0 radical (unpaired) electrons. The van der Waals surface area contributed by atoms with Crippen molar-refractivity contribution in [3.8, 4) is 0 Å². The predicted molar refractivity (Wildman–Crippen MR) is 68.6 cm³/mol. The van der Waals surface area contributed by atoms with Crippen LogP contribution < -0.4 is 0 Å². The SMILES string of the molecule is CC(C)N(CCCO)C(=O)Cc1c(F)cccc1F. The van der Waals surface area contributed by atoms with Gasteiger partial charge in [-0.25, -0.2) is 8.78 Å². The van der Waals surface area contributed by atoms with Crippen LogP contribution in [-0.2, 0) is 11.2 Å². The molecule has 0 spiro atoms. The average molecular weight is 271 g/mol. The van der Waals surface area contributed by atoms with Crippen molar-refractivity contribution in [3.05, 3.63) is 35.4 Å². The molecular weight excluding hydrogens is 252 g/mol. The zero-order valence-electron chi connectivity index (χ0n) is 11.2. The van der Waals surface area contributed by atoms with Crippen molar-refractivity contribution in [1.82, 2.24) is 4.90 Å². The molecule has 0 atom stereocenters. The minimum absolute atomic E-state index is 0.0233. The van der Waals surface area contributed by atoms with E-state index in [4.69, 9.17) is 5.11 Å². The summed E-state index contributed by atoms with van der Waals surface area (Å²) >= 11 is 0. The Morgan fingerprint density at radius 2 is 1.89 bits per heavy atom. The number of nitrogens with zero attached hydrogens (tertiary/aromatic N) is 1. The van der Waals surface area contributed by atoms with Crippen LogP contribution in [-0.4, -0.2) is 35.1 Å². The number of aliphatic hydroxyl groups excluding tert-OH is 1. The van der Waals surface area contributed by atoms with Crippen LogP contribution in [0, 0.1) is 11.6 Å². The van der Waals surface area contributed by atoms with Crippen LogP contribution in [0.5, 0.6) is 0 Å². The zero-order valence-corrected chi connectivity index (χ0v) is 11.2. The molecule has 1 rings (SSSR count). The highest BCUT2D eigenvalue weighted by Crippen LogP contribution is 2.14. The van der Waals surface area contributed by atoms with Crippen LogP contribution in [0.3, 0.4) is 0 Å². The lowest BCUT2D eigenvalue weighted by molar-refractivity contribution is -0.132. The fourth-order valence-electron chi connectivity index (χ4n) is 1.87. The Bertz CT molecular complexity index is 415. The van der Waals surface area contributed by atoms with Crippen molar-refractivity contribution < 1.29 is 18.7 Å². The largest absolute Gasteiger partial charge is 0.396 e. The van der Waals surface area contributed by atoms with Crippen molar-refractivity contribution in [3.63, 3.8) is 0 Å². The van der Waals surface area contributed by atoms with Gasteiger partial charge in [0.1, 0.15) is 11.6 Å². The molecule has 0 aliphatic carbocycles. The number of hydrogen-bond donors (Lipinski definition) is 1. The van der Waals surface area contributed by atoms with E-state index in [0.29, 0.717) is 13.0 Å². The minimum atomic E-state index is -0.709. The molecule has 5 heteroatoms. The summed E-state index contributed by atoms with van der Waals surface area (Å²) in [6.45, 7) is 4.01. The van der Waals surface area contributed by atoms with E-state index in [2.05, 4.69) is 0 Å². The summed E-state index contributed by atoms with van der Waals surface area (Å²) < 4.78 is 27.0. The van der Waals surface area contributed by atoms with Crippen LogP contribution >= 0.6 is 0 Å². The first-order chi connectivity index (χ1) is 8.97. The first-order valence-corrected chi connectivity index (χ1v) is 6.30. The molecule has 19 heavy (non-hydrogen) atoms. The Balaban J connectivity index is 2.81. The molecule has 0 aliphatic rings. The van der Waals surface area contributed by atoms with E-state index < -0.39 is 11.6 Å². The lowest BCUT2D eigenvalue weighted by Crippen LogP contribution is -2.39. The highest BCUT2D eigenvalue weighted by molar-refractivity contribution is 5.79. The van der Waals surface area contributed by atoms with Gasteiger partial charge < -0.3 is 10.0 Å². The molecule has 1 amide bonds. The summed E-state index contributed by atoms with van der Waals surface area (Å²) in [5, 5.41) is 8.80. The number of aliphatic hydroxyl groups is 1. The van der Waals surface area contributed by atoms with Gasteiger partial charge in [0.15, 0.2) is 0 Å². The van der Waals surface area contributed by atoms with Crippen LogP contribution in [0.4, 0.5) is 8.78 Å². The second kappa shape index (κ2) is 7.19. The van der Waals surface area contributed by atoms with E-state index in [0.717, 1.165) is 12.1 Å². The Hall–Kier alpha value is -1.49. The second-order valence-electron chi connectivity index (χ2n) is 4.64. The number of halogens is 2. The number of carbonyl (C=O) groups is 1. The molecule has 106 valence electrons. The molecule has 0 saturated carbocycles. The van der Waals surface area contributed by atoms with Gasteiger partial charge in [0.05, 0.1) is 6.42 Å². The second-order valence-corrected chi connectivity index (χ2v) is 4.64. The van der Waals surface area contributed by atoms with Crippen molar-refractivity contribution in [2.24, 2.45) is 0 Å². The van der Waals surface area contributed by atoms with Crippen LogP contribution in [0.1, 0.15) is 25.8 Å². The van der Waals surface area contributed by atoms with E-state index in [1.165, 1.54) is 11.0 Å². The van der Waals surface area contributed by atoms with Crippen LogP contribution in [0.15, 0.2) is 18.2 Å². The maximum Gasteiger partial charge on any atom is 0.227 e. The highest BCUT2D eigenvalue weighted by atomic mass is 19.1. The third-order valence-electron chi connectivity index (χ3n) is 2.89. The minimum Gasteiger partial charge on any atom is -0.396 e. The molecule has 0 aromatic heterocycles. The Kier molecular flexibility index (Phi) is 5.89. The van der Waals surface area contributed by atoms with Gasteiger partial charge in [-0.2, -0.15) is 0 Å². The van der Waals surface area contributed by atoms with Gasteiger partial charge >= 0.3 is 0 Å². The van der Waals surface area contributed by atoms with E-state index in [-0.39, 0.29) is 30.5 Å². The first-order valence-electron chi connectivity index (χ1n) is 6.30. The van der Waals surface area contributed by atoms with Crippen molar-refractivity contribution in [1.29, 1.82) is 0 Å². The molecule has 0 saturated heterocycles. The summed E-state index contributed by atoms with van der Waals surface area (Å²) in [5.41, 5.74) is -0.206. The normalized spacial score (nSPS) is 10.8. The molecule has 0 aliphatic heterocycles. The monoisotopic (exact) mass is 271 g/mol. The number of rotatable bonds is 6. The smallest absolute Gasteiger partial charge is 0.227 e. The van der Waals surface area contributed by atoms with Crippen molar-refractivity contribution in [2.45, 2.75) is 32.7 Å². The maximum absolute atomic E-state index is 13.5. The molecule has 0 bridgehead atoms. The number of amides is 1. The fourth-order valence-corrected chi connectivity index (χ4v) is 1.87.